The van der Waals surface area contributed by atoms with Gasteiger partial charge in [0.05, 0.1) is 0 Å². The highest BCUT2D eigenvalue weighted by Crippen LogP contribution is 2.32. The monoisotopic (exact) mass is 167 g/mol. The number of hydrogen-bond donors (Lipinski definition) is 1. The molecule has 2 fully saturated rings. The van der Waals surface area contributed by atoms with Gasteiger partial charge < -0.3 is 5.32 Å². The minimum Gasteiger partial charge on any atom is -0.316 e. The third kappa shape index (κ3) is 1.28. The Balaban J connectivity index is 1.93. The molecule has 1 aliphatic heterocycles. The normalized spacial score (nSPS) is 36.4. The SMILES string of the molecule is CC1CNCC1C(=O)C1CCC1. The van der Waals surface area contributed by atoms with E-state index < -0.39 is 0 Å². The molecule has 1 aliphatic carbocycles. The summed E-state index contributed by atoms with van der Waals surface area (Å²) in [6.45, 7) is 4.14. The Bertz CT molecular complexity index is 186. The Morgan fingerprint density at radius 3 is 2.50 bits per heavy atom. The third-order valence-electron chi connectivity index (χ3n) is 3.39. The number of carbonyl (C=O) groups is 1. The molecular weight excluding hydrogens is 150 g/mol. The maximum Gasteiger partial charge on any atom is 0.140 e. The van der Waals surface area contributed by atoms with Crippen molar-refractivity contribution in [3.8, 4) is 0 Å². The van der Waals surface area contributed by atoms with Gasteiger partial charge in [-0.2, -0.15) is 0 Å². The van der Waals surface area contributed by atoms with E-state index in [1.54, 1.807) is 0 Å². The van der Waals surface area contributed by atoms with Crippen LogP contribution in [0.2, 0.25) is 0 Å². The summed E-state index contributed by atoms with van der Waals surface area (Å²) in [7, 11) is 0. The summed E-state index contributed by atoms with van der Waals surface area (Å²) >= 11 is 0. The van der Waals surface area contributed by atoms with Crippen LogP contribution in [0, 0.1) is 17.8 Å². The van der Waals surface area contributed by atoms with Crippen molar-refractivity contribution in [2.24, 2.45) is 17.8 Å². The molecule has 0 bridgehead atoms. The molecule has 12 heavy (non-hydrogen) atoms. The van der Waals surface area contributed by atoms with E-state index in [4.69, 9.17) is 0 Å². The summed E-state index contributed by atoms with van der Waals surface area (Å²) in [6, 6.07) is 0. The Hall–Kier alpha value is -0.370. The van der Waals surface area contributed by atoms with Gasteiger partial charge in [0.25, 0.3) is 0 Å². The van der Waals surface area contributed by atoms with Crippen molar-refractivity contribution < 1.29 is 4.79 Å². The summed E-state index contributed by atoms with van der Waals surface area (Å²) in [5, 5.41) is 3.29. The van der Waals surface area contributed by atoms with E-state index in [1.165, 1.54) is 6.42 Å². The lowest BCUT2D eigenvalue weighted by atomic mass is 9.75. The third-order valence-corrected chi connectivity index (χ3v) is 3.39. The highest BCUT2D eigenvalue weighted by Gasteiger charge is 2.36. The summed E-state index contributed by atoms with van der Waals surface area (Å²) in [5.74, 6) is 1.87. The molecule has 68 valence electrons. The van der Waals surface area contributed by atoms with Crippen molar-refractivity contribution in [2.45, 2.75) is 26.2 Å². The maximum absolute atomic E-state index is 11.8. The standard InChI is InChI=1S/C10H17NO/c1-7-5-11-6-9(7)10(12)8-3-2-4-8/h7-9,11H,2-6H2,1H3. The van der Waals surface area contributed by atoms with Crippen molar-refractivity contribution in [1.82, 2.24) is 5.32 Å². The molecule has 1 saturated carbocycles. The Morgan fingerprint density at radius 1 is 1.33 bits per heavy atom. The predicted octanol–water partition coefficient (Wildman–Crippen LogP) is 1.21. The molecule has 1 heterocycles. The fourth-order valence-electron chi connectivity index (χ4n) is 2.19. The molecule has 2 nitrogen and oxygen atoms in total. The number of Topliss-reactive ketones (excluding diaryl/α,β-unsaturated/α-hetero) is 1. The van der Waals surface area contributed by atoms with Crippen LogP contribution in [0.1, 0.15) is 26.2 Å². The van der Waals surface area contributed by atoms with Crippen LogP contribution in [-0.2, 0) is 4.79 Å². The van der Waals surface area contributed by atoms with E-state index in [0.29, 0.717) is 23.5 Å². The quantitative estimate of drug-likeness (QED) is 0.670. The fraction of sp³-hybridized carbons (Fsp3) is 0.900. The molecule has 0 aromatic carbocycles. The minimum atomic E-state index is 0.329. The van der Waals surface area contributed by atoms with Crippen molar-refractivity contribution in [1.29, 1.82) is 0 Å². The summed E-state index contributed by atoms with van der Waals surface area (Å²) in [5.41, 5.74) is 0. The van der Waals surface area contributed by atoms with Gasteiger partial charge in [0.15, 0.2) is 0 Å². The molecule has 1 saturated heterocycles. The van der Waals surface area contributed by atoms with Gasteiger partial charge in [-0.1, -0.05) is 13.3 Å². The van der Waals surface area contributed by atoms with E-state index in [9.17, 15) is 4.79 Å². The summed E-state index contributed by atoms with van der Waals surface area (Å²) in [6.07, 6.45) is 3.58. The van der Waals surface area contributed by atoms with Crippen LogP contribution in [0.25, 0.3) is 0 Å². The molecule has 1 N–H and O–H groups in total. The molecular formula is C10H17NO. The molecule has 0 aromatic heterocycles. The number of ketones is 1. The second-order valence-corrected chi connectivity index (χ2v) is 4.27. The minimum absolute atomic E-state index is 0.329. The molecule has 0 aromatic rings. The van der Waals surface area contributed by atoms with Crippen LogP contribution in [-0.4, -0.2) is 18.9 Å². The zero-order chi connectivity index (χ0) is 8.55. The topological polar surface area (TPSA) is 29.1 Å². The second-order valence-electron chi connectivity index (χ2n) is 4.27. The lowest BCUT2D eigenvalue weighted by Gasteiger charge is -2.27. The molecule has 2 unspecified atom stereocenters. The van der Waals surface area contributed by atoms with Crippen molar-refractivity contribution >= 4 is 5.78 Å². The van der Waals surface area contributed by atoms with Gasteiger partial charge in [-0.05, 0) is 25.3 Å². The molecule has 2 rings (SSSR count). The zero-order valence-corrected chi connectivity index (χ0v) is 7.68. The van der Waals surface area contributed by atoms with Gasteiger partial charge in [-0.3, -0.25) is 4.79 Å². The van der Waals surface area contributed by atoms with E-state index in [2.05, 4.69) is 12.2 Å². The zero-order valence-electron chi connectivity index (χ0n) is 7.68. The summed E-state index contributed by atoms with van der Waals surface area (Å²) < 4.78 is 0. The predicted molar refractivity (Wildman–Crippen MR) is 47.9 cm³/mol. The van der Waals surface area contributed by atoms with Gasteiger partial charge in [-0.25, -0.2) is 0 Å². The molecule has 0 radical (unpaired) electrons. The Kier molecular flexibility index (Phi) is 2.18. The van der Waals surface area contributed by atoms with Crippen LogP contribution in [0.15, 0.2) is 0 Å². The lowest BCUT2D eigenvalue weighted by molar-refractivity contribution is -0.129. The lowest BCUT2D eigenvalue weighted by Crippen LogP contribution is -2.32. The fourth-order valence-corrected chi connectivity index (χ4v) is 2.19. The van der Waals surface area contributed by atoms with Crippen molar-refractivity contribution in [3.63, 3.8) is 0 Å². The van der Waals surface area contributed by atoms with E-state index in [-0.39, 0.29) is 0 Å². The van der Waals surface area contributed by atoms with Gasteiger partial charge >= 0.3 is 0 Å². The smallest absolute Gasteiger partial charge is 0.140 e. The number of nitrogens with one attached hydrogen (secondary N) is 1. The highest BCUT2D eigenvalue weighted by atomic mass is 16.1. The molecule has 2 heteroatoms. The number of rotatable bonds is 2. The van der Waals surface area contributed by atoms with Crippen LogP contribution in [0.3, 0.4) is 0 Å². The van der Waals surface area contributed by atoms with E-state index in [0.717, 1.165) is 25.9 Å². The van der Waals surface area contributed by atoms with Crippen LogP contribution in [0.5, 0.6) is 0 Å². The van der Waals surface area contributed by atoms with Gasteiger partial charge in [-0.15, -0.1) is 0 Å². The highest BCUT2D eigenvalue weighted by molar-refractivity contribution is 5.84. The first kappa shape index (κ1) is 8.24. The first-order valence-corrected chi connectivity index (χ1v) is 5.03. The largest absolute Gasteiger partial charge is 0.316 e. The first-order valence-electron chi connectivity index (χ1n) is 5.03. The average molecular weight is 167 g/mol. The van der Waals surface area contributed by atoms with Crippen molar-refractivity contribution in [3.05, 3.63) is 0 Å². The molecule has 2 aliphatic rings. The Morgan fingerprint density at radius 2 is 2.08 bits per heavy atom. The van der Waals surface area contributed by atoms with Crippen LogP contribution >= 0.6 is 0 Å². The number of carbonyl (C=O) groups excluding carboxylic acids is 1. The van der Waals surface area contributed by atoms with Crippen LogP contribution in [0.4, 0.5) is 0 Å². The van der Waals surface area contributed by atoms with E-state index >= 15 is 0 Å². The van der Waals surface area contributed by atoms with Crippen LogP contribution < -0.4 is 5.32 Å². The molecule has 0 spiro atoms. The van der Waals surface area contributed by atoms with Gasteiger partial charge in [0.1, 0.15) is 5.78 Å². The van der Waals surface area contributed by atoms with Gasteiger partial charge in [0, 0.05) is 18.4 Å². The second kappa shape index (κ2) is 3.17. The average Bonchev–Trinajstić information content (AvgIpc) is 2.31. The first-order chi connectivity index (χ1) is 5.79. The van der Waals surface area contributed by atoms with Gasteiger partial charge in [0.2, 0.25) is 0 Å². The maximum atomic E-state index is 11.8. The number of hydrogen-bond acceptors (Lipinski definition) is 2. The van der Waals surface area contributed by atoms with E-state index in [1.807, 2.05) is 0 Å². The Labute approximate surface area is 73.7 Å². The molecule has 2 atom stereocenters. The van der Waals surface area contributed by atoms with Crippen molar-refractivity contribution in [2.75, 3.05) is 13.1 Å². The molecule has 0 amide bonds. The summed E-state index contributed by atoms with van der Waals surface area (Å²) in [4.78, 5) is 11.8.